The Morgan fingerprint density at radius 2 is 2.45 bits per heavy atom. The number of thiazole rings is 1. The van der Waals surface area contributed by atoms with Gasteiger partial charge in [-0.3, -0.25) is 4.79 Å². The van der Waals surface area contributed by atoms with Gasteiger partial charge in [0.25, 0.3) is 0 Å². The van der Waals surface area contributed by atoms with Crippen molar-refractivity contribution in [1.82, 2.24) is 15.0 Å². The number of aromatic nitrogens is 3. The average Bonchev–Trinajstić information content (AvgIpc) is 3.05. The Hall–Kier alpha value is -2.72. The van der Waals surface area contributed by atoms with Gasteiger partial charge in [-0.15, -0.1) is 11.3 Å². The van der Waals surface area contributed by atoms with E-state index in [1.807, 2.05) is 23.7 Å². The summed E-state index contributed by atoms with van der Waals surface area (Å²) in [5.74, 6) is -0.353. The molecule has 0 saturated heterocycles. The zero-order valence-corrected chi connectivity index (χ0v) is 11.1. The van der Waals surface area contributed by atoms with Crippen molar-refractivity contribution < 1.29 is 4.79 Å². The fourth-order valence-electron chi connectivity index (χ4n) is 1.86. The van der Waals surface area contributed by atoms with Crippen LogP contribution in [0.4, 0.5) is 5.13 Å². The summed E-state index contributed by atoms with van der Waals surface area (Å²) in [5, 5.41) is 14.4. The first kappa shape index (κ1) is 12.3. The lowest BCUT2D eigenvalue weighted by molar-refractivity contribution is -0.115. The minimum absolute atomic E-state index is 0.175. The molecule has 0 atom stereocenters. The Morgan fingerprint density at radius 3 is 3.30 bits per heavy atom. The predicted molar refractivity (Wildman–Crippen MR) is 76.1 cm³/mol. The van der Waals surface area contributed by atoms with Gasteiger partial charge in [0.05, 0.1) is 11.8 Å². The number of fused-ring (bicyclic) bond motifs is 1. The minimum Gasteiger partial charge on any atom is -0.345 e. The van der Waals surface area contributed by atoms with Crippen molar-refractivity contribution in [3.8, 4) is 17.3 Å². The summed E-state index contributed by atoms with van der Waals surface area (Å²) in [7, 11) is 0. The second-order valence-corrected chi connectivity index (χ2v) is 4.88. The fraction of sp³-hybridized carbons (Fsp3) is 0.0769. The Kier molecular flexibility index (Phi) is 3.15. The number of aromatic amines is 1. The Bertz CT molecular complexity index is 813. The molecule has 0 unspecified atom stereocenters. The van der Waals surface area contributed by atoms with Crippen LogP contribution in [0.5, 0.6) is 0 Å². The van der Waals surface area contributed by atoms with Crippen molar-refractivity contribution >= 4 is 33.4 Å². The molecule has 0 spiro atoms. The Labute approximate surface area is 118 Å². The first-order valence-electron chi connectivity index (χ1n) is 5.83. The van der Waals surface area contributed by atoms with Gasteiger partial charge in [-0.25, -0.2) is 9.97 Å². The molecular formula is C13H9N5OS. The molecule has 20 heavy (non-hydrogen) atoms. The lowest BCUT2D eigenvalue weighted by Gasteiger charge is -1.96. The number of nitriles is 1. The van der Waals surface area contributed by atoms with Crippen LogP contribution in [0, 0.1) is 11.3 Å². The lowest BCUT2D eigenvalue weighted by atomic mass is 10.2. The number of carbonyl (C=O) groups is 1. The molecule has 0 saturated carbocycles. The van der Waals surface area contributed by atoms with Crippen LogP contribution in [-0.2, 0) is 4.79 Å². The van der Waals surface area contributed by atoms with Gasteiger partial charge in [0, 0.05) is 28.7 Å². The summed E-state index contributed by atoms with van der Waals surface area (Å²) in [6.07, 6.45) is 3.39. The quantitative estimate of drug-likeness (QED) is 0.772. The van der Waals surface area contributed by atoms with Crippen molar-refractivity contribution in [2.75, 3.05) is 5.32 Å². The van der Waals surface area contributed by atoms with E-state index in [0.717, 1.165) is 22.3 Å². The number of nitrogens with one attached hydrogen (secondary N) is 2. The first-order chi connectivity index (χ1) is 9.78. The third-order valence-corrected chi connectivity index (χ3v) is 3.47. The van der Waals surface area contributed by atoms with Gasteiger partial charge in [0.1, 0.15) is 12.1 Å². The van der Waals surface area contributed by atoms with Crippen LogP contribution < -0.4 is 5.32 Å². The number of carbonyl (C=O) groups excluding carboxylic acids is 1. The molecule has 3 rings (SSSR count). The minimum atomic E-state index is -0.353. The topological polar surface area (TPSA) is 94.5 Å². The van der Waals surface area contributed by atoms with Crippen molar-refractivity contribution in [3.05, 3.63) is 29.9 Å². The number of pyridine rings is 1. The first-order valence-corrected chi connectivity index (χ1v) is 6.70. The summed E-state index contributed by atoms with van der Waals surface area (Å²) < 4.78 is 0. The van der Waals surface area contributed by atoms with E-state index in [1.54, 1.807) is 12.3 Å². The second kappa shape index (κ2) is 5.11. The molecule has 0 aliphatic rings. The van der Waals surface area contributed by atoms with Crippen LogP contribution in [0.15, 0.2) is 29.9 Å². The number of hydrogen-bond donors (Lipinski definition) is 2. The van der Waals surface area contributed by atoms with Crippen molar-refractivity contribution in [1.29, 1.82) is 5.26 Å². The smallest absolute Gasteiger partial charge is 0.240 e. The highest BCUT2D eigenvalue weighted by atomic mass is 32.1. The number of nitrogens with zero attached hydrogens (tertiary/aromatic N) is 3. The van der Waals surface area contributed by atoms with Gasteiger partial charge in [0.2, 0.25) is 5.91 Å². The van der Waals surface area contributed by atoms with Gasteiger partial charge in [0.15, 0.2) is 5.13 Å². The highest BCUT2D eigenvalue weighted by Gasteiger charge is 2.11. The third kappa shape index (κ3) is 2.24. The normalized spacial score (nSPS) is 10.3. The van der Waals surface area contributed by atoms with Gasteiger partial charge >= 0.3 is 0 Å². The van der Waals surface area contributed by atoms with Gasteiger partial charge in [-0.1, -0.05) is 0 Å². The van der Waals surface area contributed by atoms with Crippen molar-refractivity contribution in [2.24, 2.45) is 0 Å². The van der Waals surface area contributed by atoms with Crippen molar-refractivity contribution in [3.63, 3.8) is 0 Å². The van der Waals surface area contributed by atoms with Crippen LogP contribution in [0.3, 0.4) is 0 Å². The van der Waals surface area contributed by atoms with E-state index in [1.165, 1.54) is 11.3 Å². The molecule has 0 bridgehead atoms. The molecule has 0 radical (unpaired) electrons. The number of rotatable bonds is 3. The standard InChI is InChI=1S/C13H9N5OS/c14-4-3-11(19)18-13-17-10(7-20-13)9-6-16-12-8(9)2-1-5-15-12/h1-2,5-7H,3H2,(H,15,16)(H,17,18,19). The molecule has 7 heteroatoms. The molecule has 0 aliphatic heterocycles. The third-order valence-electron chi connectivity index (χ3n) is 2.72. The summed E-state index contributed by atoms with van der Waals surface area (Å²) in [5.41, 5.74) is 2.50. The zero-order valence-electron chi connectivity index (χ0n) is 10.3. The maximum absolute atomic E-state index is 11.3. The summed E-state index contributed by atoms with van der Waals surface area (Å²) >= 11 is 1.32. The Balaban J connectivity index is 1.90. The molecule has 0 fully saturated rings. The highest BCUT2D eigenvalue weighted by molar-refractivity contribution is 7.14. The highest BCUT2D eigenvalue weighted by Crippen LogP contribution is 2.30. The molecule has 3 aromatic rings. The van der Waals surface area contributed by atoms with E-state index < -0.39 is 0 Å². The molecule has 6 nitrogen and oxygen atoms in total. The molecular weight excluding hydrogens is 274 g/mol. The van der Waals surface area contributed by atoms with E-state index in [0.29, 0.717) is 5.13 Å². The monoisotopic (exact) mass is 283 g/mol. The second-order valence-electron chi connectivity index (χ2n) is 4.02. The fourth-order valence-corrected chi connectivity index (χ4v) is 2.58. The molecule has 98 valence electrons. The maximum atomic E-state index is 11.3. The predicted octanol–water partition coefficient (Wildman–Crippen LogP) is 2.54. The number of anilines is 1. The molecule has 3 aromatic heterocycles. The number of H-pyrrole nitrogens is 1. The van der Waals surface area contributed by atoms with E-state index in [9.17, 15) is 4.79 Å². The van der Waals surface area contributed by atoms with Crippen LogP contribution in [0.2, 0.25) is 0 Å². The van der Waals surface area contributed by atoms with E-state index >= 15 is 0 Å². The molecule has 0 aliphatic carbocycles. The van der Waals surface area contributed by atoms with Crippen LogP contribution in [0.1, 0.15) is 6.42 Å². The van der Waals surface area contributed by atoms with Gasteiger partial charge < -0.3 is 10.3 Å². The molecule has 3 heterocycles. The Morgan fingerprint density at radius 1 is 1.55 bits per heavy atom. The van der Waals surface area contributed by atoms with E-state index in [4.69, 9.17) is 5.26 Å². The maximum Gasteiger partial charge on any atom is 0.240 e. The largest absolute Gasteiger partial charge is 0.345 e. The van der Waals surface area contributed by atoms with E-state index in [2.05, 4.69) is 20.3 Å². The summed E-state index contributed by atoms with van der Waals surface area (Å²) in [6.45, 7) is 0. The SMILES string of the molecule is N#CCC(=O)Nc1nc(-c2c[nH]c3ncccc23)cs1. The van der Waals surface area contributed by atoms with E-state index in [-0.39, 0.29) is 12.3 Å². The molecule has 2 N–H and O–H groups in total. The van der Waals surface area contributed by atoms with Crippen LogP contribution in [0.25, 0.3) is 22.3 Å². The molecule has 1 amide bonds. The van der Waals surface area contributed by atoms with Crippen LogP contribution in [-0.4, -0.2) is 20.9 Å². The molecule has 0 aromatic carbocycles. The van der Waals surface area contributed by atoms with Crippen LogP contribution >= 0.6 is 11.3 Å². The summed E-state index contributed by atoms with van der Waals surface area (Å²) in [4.78, 5) is 23.0. The van der Waals surface area contributed by atoms with Gasteiger partial charge in [-0.05, 0) is 12.1 Å². The number of amides is 1. The average molecular weight is 283 g/mol. The van der Waals surface area contributed by atoms with Gasteiger partial charge in [-0.2, -0.15) is 5.26 Å². The summed E-state index contributed by atoms with van der Waals surface area (Å²) in [6, 6.07) is 5.62. The lowest BCUT2D eigenvalue weighted by Crippen LogP contribution is -2.09. The zero-order chi connectivity index (χ0) is 13.9. The van der Waals surface area contributed by atoms with Crippen molar-refractivity contribution in [2.45, 2.75) is 6.42 Å². The number of hydrogen-bond acceptors (Lipinski definition) is 5.